The summed E-state index contributed by atoms with van der Waals surface area (Å²) in [5.41, 5.74) is 1.70. The highest BCUT2D eigenvalue weighted by Crippen LogP contribution is 2.45. The number of Topliss-reactive ketones (excluding diaryl/α,β-unsaturated/α-hetero) is 1. The molecule has 1 aliphatic carbocycles. The van der Waals surface area contributed by atoms with Crippen LogP contribution in [0.4, 0.5) is 0 Å². The van der Waals surface area contributed by atoms with Gasteiger partial charge in [0.1, 0.15) is 10.3 Å². The normalized spacial score (nSPS) is 20.7. The lowest BCUT2D eigenvalue weighted by Gasteiger charge is -2.38. The molecule has 2 aromatic rings. The number of hydrogen-bond acceptors (Lipinski definition) is 5. The van der Waals surface area contributed by atoms with E-state index in [0.29, 0.717) is 38.0 Å². The van der Waals surface area contributed by atoms with Crippen molar-refractivity contribution in [2.45, 2.75) is 47.9 Å². The van der Waals surface area contributed by atoms with Crippen molar-refractivity contribution in [1.29, 1.82) is 0 Å². The number of ketones is 1. The van der Waals surface area contributed by atoms with Crippen molar-refractivity contribution < 1.29 is 19.1 Å². The fourth-order valence-electron chi connectivity index (χ4n) is 4.33. The second-order valence-electron chi connectivity index (χ2n) is 8.33. The highest BCUT2D eigenvalue weighted by molar-refractivity contribution is 7.98. The number of alkyl halides is 2. The van der Waals surface area contributed by atoms with Crippen molar-refractivity contribution in [1.82, 2.24) is 0 Å². The Labute approximate surface area is 210 Å². The molecule has 0 heterocycles. The molecule has 4 nitrogen and oxygen atoms in total. The van der Waals surface area contributed by atoms with Gasteiger partial charge in [0, 0.05) is 10.8 Å². The fraction of sp³-hybridized carbons (Fsp3) is 0.462. The fourth-order valence-corrected chi connectivity index (χ4v) is 5.36. The highest BCUT2D eigenvalue weighted by Gasteiger charge is 2.45. The summed E-state index contributed by atoms with van der Waals surface area (Å²) in [4.78, 5) is 27.7. The smallest absolute Gasteiger partial charge is 0.321 e. The van der Waals surface area contributed by atoms with Gasteiger partial charge in [0.25, 0.3) is 0 Å². The van der Waals surface area contributed by atoms with Crippen molar-refractivity contribution in [2.24, 2.45) is 11.8 Å². The molecule has 0 N–H and O–H groups in total. The highest BCUT2D eigenvalue weighted by atomic mass is 35.5. The van der Waals surface area contributed by atoms with Gasteiger partial charge in [0.2, 0.25) is 0 Å². The lowest BCUT2D eigenvalue weighted by molar-refractivity contribution is -0.149. The average molecular weight is 509 g/mol. The van der Waals surface area contributed by atoms with E-state index in [0.717, 1.165) is 10.5 Å². The van der Waals surface area contributed by atoms with Gasteiger partial charge in [-0.2, -0.15) is 0 Å². The van der Waals surface area contributed by atoms with Gasteiger partial charge in [-0.3, -0.25) is 9.59 Å². The molecule has 178 valence electrons. The minimum atomic E-state index is -0.972. The summed E-state index contributed by atoms with van der Waals surface area (Å²) >= 11 is 14.6. The first-order valence-corrected chi connectivity index (χ1v) is 13.2. The monoisotopic (exact) mass is 508 g/mol. The first-order valence-electron chi connectivity index (χ1n) is 11.2. The van der Waals surface area contributed by atoms with Crippen molar-refractivity contribution in [3.63, 3.8) is 0 Å². The minimum Gasteiger partial charge on any atom is -0.465 e. The topological polar surface area (TPSA) is 52.6 Å². The summed E-state index contributed by atoms with van der Waals surface area (Å²) in [5, 5.41) is 0. The van der Waals surface area contributed by atoms with Crippen molar-refractivity contribution >= 4 is 46.7 Å². The molecule has 1 aliphatic rings. The lowest BCUT2D eigenvalue weighted by Crippen LogP contribution is -2.41. The van der Waals surface area contributed by atoms with Crippen LogP contribution in [0, 0.1) is 11.8 Å². The Balaban J connectivity index is 1.80. The second-order valence-corrected chi connectivity index (χ2v) is 10.8. The summed E-state index contributed by atoms with van der Waals surface area (Å²) in [7, 11) is 0. The van der Waals surface area contributed by atoms with Crippen LogP contribution in [0.3, 0.4) is 0 Å². The van der Waals surface area contributed by atoms with E-state index in [1.54, 1.807) is 18.7 Å². The number of rotatable bonds is 10. The van der Waals surface area contributed by atoms with Crippen LogP contribution in [0.15, 0.2) is 59.5 Å². The Morgan fingerprint density at radius 1 is 1.12 bits per heavy atom. The van der Waals surface area contributed by atoms with E-state index in [-0.39, 0.29) is 24.2 Å². The van der Waals surface area contributed by atoms with Crippen LogP contribution in [0.1, 0.15) is 43.2 Å². The molecular formula is C26H30Cl2O4S. The van der Waals surface area contributed by atoms with Gasteiger partial charge in [0.05, 0.1) is 19.8 Å². The molecule has 7 heteroatoms. The lowest BCUT2D eigenvalue weighted by atomic mass is 9.72. The van der Waals surface area contributed by atoms with Crippen LogP contribution in [-0.4, -0.2) is 35.6 Å². The molecule has 33 heavy (non-hydrogen) atoms. The standard InChI is InChI=1S/C26H30Cl2O4S/c1-3-32-25(30)23(19-9-11-21(33-2)12-10-19)24(29)22-13-14-26(27,28)15-20(22)17-31-16-18-7-5-4-6-8-18/h4-12,20,22-23H,3,13-17H2,1-2H3/t20-,22+,23?/m0/s1. The molecule has 0 amide bonds. The van der Waals surface area contributed by atoms with Crippen molar-refractivity contribution in [3.8, 4) is 0 Å². The molecule has 2 aromatic carbocycles. The largest absolute Gasteiger partial charge is 0.465 e. The van der Waals surface area contributed by atoms with E-state index >= 15 is 0 Å². The van der Waals surface area contributed by atoms with Gasteiger partial charge >= 0.3 is 5.97 Å². The van der Waals surface area contributed by atoms with E-state index in [1.165, 1.54) is 0 Å². The van der Waals surface area contributed by atoms with Crippen LogP contribution in [0.5, 0.6) is 0 Å². The van der Waals surface area contributed by atoms with E-state index < -0.39 is 16.2 Å². The van der Waals surface area contributed by atoms with Gasteiger partial charge in [-0.1, -0.05) is 42.5 Å². The number of thioether (sulfide) groups is 1. The predicted octanol–water partition coefficient (Wildman–Crippen LogP) is 6.43. The maximum Gasteiger partial charge on any atom is 0.321 e. The minimum absolute atomic E-state index is 0.150. The Kier molecular flexibility index (Phi) is 9.69. The van der Waals surface area contributed by atoms with Crippen LogP contribution >= 0.6 is 35.0 Å². The second kappa shape index (κ2) is 12.3. The third-order valence-electron chi connectivity index (χ3n) is 6.02. The molecule has 0 bridgehead atoms. The van der Waals surface area contributed by atoms with Crippen LogP contribution in [0.25, 0.3) is 0 Å². The third kappa shape index (κ3) is 7.22. The molecule has 0 aromatic heterocycles. The van der Waals surface area contributed by atoms with Gasteiger partial charge in [-0.15, -0.1) is 35.0 Å². The maximum absolute atomic E-state index is 13.8. The Morgan fingerprint density at radius 3 is 2.45 bits per heavy atom. The van der Waals surface area contributed by atoms with E-state index in [4.69, 9.17) is 32.7 Å². The zero-order valence-corrected chi connectivity index (χ0v) is 21.3. The Bertz CT molecular complexity index is 918. The molecule has 0 saturated heterocycles. The Morgan fingerprint density at radius 2 is 1.82 bits per heavy atom. The summed E-state index contributed by atoms with van der Waals surface area (Å²) in [5.74, 6) is -2.21. The summed E-state index contributed by atoms with van der Waals surface area (Å²) in [6.45, 7) is 2.74. The maximum atomic E-state index is 13.8. The van der Waals surface area contributed by atoms with Crippen LogP contribution in [0.2, 0.25) is 0 Å². The number of benzene rings is 2. The summed E-state index contributed by atoms with van der Waals surface area (Å²) < 4.78 is 10.4. The molecule has 3 rings (SSSR count). The SMILES string of the molecule is CCOC(=O)C(C(=O)[C@@H]1CCC(Cl)(Cl)C[C@H]1COCc1ccccc1)c1ccc(SC)cc1. The number of carbonyl (C=O) groups is 2. The average Bonchev–Trinajstić information content (AvgIpc) is 2.80. The van der Waals surface area contributed by atoms with E-state index in [1.807, 2.05) is 60.9 Å². The van der Waals surface area contributed by atoms with Gasteiger partial charge < -0.3 is 9.47 Å². The quantitative estimate of drug-likeness (QED) is 0.160. The molecule has 1 unspecified atom stereocenters. The Hall–Kier alpha value is -1.53. The molecular weight excluding hydrogens is 479 g/mol. The van der Waals surface area contributed by atoms with Gasteiger partial charge in [-0.05, 0) is 61.6 Å². The van der Waals surface area contributed by atoms with E-state index in [9.17, 15) is 9.59 Å². The first-order chi connectivity index (χ1) is 15.8. The number of hydrogen-bond donors (Lipinski definition) is 0. The number of esters is 1. The zero-order valence-electron chi connectivity index (χ0n) is 19.0. The summed E-state index contributed by atoms with van der Waals surface area (Å²) in [6.07, 6.45) is 3.41. The number of carbonyl (C=O) groups excluding carboxylic acids is 2. The van der Waals surface area contributed by atoms with Crippen molar-refractivity contribution in [2.75, 3.05) is 19.5 Å². The van der Waals surface area contributed by atoms with Crippen molar-refractivity contribution in [3.05, 3.63) is 65.7 Å². The predicted molar refractivity (Wildman–Crippen MR) is 134 cm³/mol. The number of halogens is 2. The van der Waals surface area contributed by atoms with Gasteiger partial charge in [-0.25, -0.2) is 0 Å². The zero-order chi connectivity index (χ0) is 23.8. The third-order valence-corrected chi connectivity index (χ3v) is 7.45. The molecule has 1 fully saturated rings. The van der Waals surface area contributed by atoms with Crippen LogP contribution < -0.4 is 0 Å². The molecule has 3 atom stereocenters. The molecule has 1 saturated carbocycles. The first kappa shape index (κ1) is 26.1. The van der Waals surface area contributed by atoms with Gasteiger partial charge in [0.15, 0.2) is 5.78 Å². The van der Waals surface area contributed by atoms with Crippen LogP contribution in [-0.2, 0) is 25.7 Å². The summed E-state index contributed by atoms with van der Waals surface area (Å²) in [6, 6.07) is 17.4. The molecule has 0 spiro atoms. The molecule has 0 radical (unpaired) electrons. The molecule has 0 aliphatic heterocycles. The van der Waals surface area contributed by atoms with E-state index in [2.05, 4.69) is 0 Å². The number of ether oxygens (including phenoxy) is 2.